The summed E-state index contributed by atoms with van der Waals surface area (Å²) in [5, 5.41) is 9.88. The zero-order valence-corrected chi connectivity index (χ0v) is 11.8. The predicted octanol–water partition coefficient (Wildman–Crippen LogP) is 2.56. The normalized spacial score (nSPS) is 13.3. The highest BCUT2D eigenvalue weighted by atomic mass is 16.5. The van der Waals surface area contributed by atoms with Crippen LogP contribution in [0.1, 0.15) is 46.5 Å². The third-order valence-electron chi connectivity index (χ3n) is 3.37. The summed E-state index contributed by atoms with van der Waals surface area (Å²) in [5.74, 6) is -0.927. The molecule has 108 valence electrons. The first-order valence-electron chi connectivity index (χ1n) is 6.45. The van der Waals surface area contributed by atoms with Gasteiger partial charge in [-0.1, -0.05) is 13.8 Å². The molecule has 1 aromatic carbocycles. The number of rotatable bonds is 2. The van der Waals surface area contributed by atoms with E-state index in [1.807, 2.05) is 13.8 Å². The number of phenolic OH excluding ortho intramolecular Hbond substituents is 1. The van der Waals surface area contributed by atoms with Gasteiger partial charge in [0, 0.05) is 11.5 Å². The molecular weight excluding hydrogens is 274 g/mol. The van der Waals surface area contributed by atoms with Gasteiger partial charge in [-0.2, -0.15) is 0 Å². The molecule has 1 aliphatic carbocycles. The van der Waals surface area contributed by atoms with Crippen molar-refractivity contribution in [1.29, 1.82) is 0 Å². The molecule has 1 aliphatic rings. The smallest absolute Gasteiger partial charge is 0.255 e. The molecule has 0 radical (unpaired) electrons. The Bertz CT molecular complexity index is 773. The van der Waals surface area contributed by atoms with Crippen molar-refractivity contribution in [3.05, 3.63) is 29.3 Å². The van der Waals surface area contributed by atoms with Crippen LogP contribution in [0.3, 0.4) is 0 Å². The molecule has 1 N–H and O–H groups in total. The maximum Gasteiger partial charge on any atom is 0.255 e. The van der Waals surface area contributed by atoms with E-state index >= 15 is 0 Å². The number of phenols is 1. The van der Waals surface area contributed by atoms with E-state index in [2.05, 4.69) is 4.98 Å². The summed E-state index contributed by atoms with van der Waals surface area (Å²) < 4.78 is 10.8. The molecule has 0 amide bonds. The van der Waals surface area contributed by atoms with Crippen LogP contribution in [0.25, 0.3) is 11.3 Å². The molecule has 2 aromatic rings. The highest BCUT2D eigenvalue weighted by Crippen LogP contribution is 2.45. The zero-order valence-electron chi connectivity index (χ0n) is 11.8. The average molecular weight is 287 g/mol. The molecule has 6 nitrogen and oxygen atoms in total. The number of aromatic nitrogens is 1. The fourth-order valence-electron chi connectivity index (χ4n) is 2.33. The summed E-state index contributed by atoms with van der Waals surface area (Å²) in [7, 11) is 1.37. The van der Waals surface area contributed by atoms with Crippen LogP contribution < -0.4 is 4.74 Å². The van der Waals surface area contributed by atoms with E-state index in [1.165, 1.54) is 19.2 Å². The summed E-state index contributed by atoms with van der Waals surface area (Å²) in [6.07, 6.45) is 0. The van der Waals surface area contributed by atoms with Crippen LogP contribution in [0.5, 0.6) is 11.5 Å². The first-order chi connectivity index (χ1) is 9.95. The largest absolute Gasteiger partial charge is 0.504 e. The lowest BCUT2D eigenvalue weighted by atomic mass is 9.90. The van der Waals surface area contributed by atoms with E-state index in [0.29, 0.717) is 5.89 Å². The van der Waals surface area contributed by atoms with Crippen molar-refractivity contribution in [1.82, 2.24) is 4.98 Å². The Balaban J connectivity index is 2.38. The van der Waals surface area contributed by atoms with Crippen LogP contribution in [0, 0.1) is 0 Å². The molecule has 0 fully saturated rings. The number of fused-ring (bicyclic) bond motifs is 3. The monoisotopic (exact) mass is 287 g/mol. The van der Waals surface area contributed by atoms with E-state index in [1.54, 1.807) is 0 Å². The number of hydrogen-bond acceptors (Lipinski definition) is 6. The molecular formula is C15H13NO5. The van der Waals surface area contributed by atoms with Crippen LogP contribution in [0.4, 0.5) is 0 Å². The Morgan fingerprint density at radius 3 is 2.57 bits per heavy atom. The molecule has 0 spiro atoms. The standard InChI is InChI=1S/C15H13NO5/c1-6(2)15-16-10-12(19)11(18)7-4-5-8(17)13(20-3)9(7)14(10)21-15/h4-6,17H,1-3H3. The van der Waals surface area contributed by atoms with Gasteiger partial charge >= 0.3 is 0 Å². The highest BCUT2D eigenvalue weighted by molar-refractivity contribution is 6.52. The Morgan fingerprint density at radius 2 is 1.95 bits per heavy atom. The number of nitrogens with zero attached hydrogens (tertiary/aromatic N) is 1. The first-order valence-corrected chi connectivity index (χ1v) is 6.45. The van der Waals surface area contributed by atoms with Crippen molar-refractivity contribution in [2.75, 3.05) is 7.11 Å². The molecule has 0 saturated carbocycles. The second kappa shape index (κ2) is 4.44. The maximum atomic E-state index is 12.2. The van der Waals surface area contributed by atoms with Crippen molar-refractivity contribution >= 4 is 11.6 Å². The third-order valence-corrected chi connectivity index (χ3v) is 3.37. The Labute approximate surface area is 120 Å². The van der Waals surface area contributed by atoms with Crippen molar-refractivity contribution in [2.45, 2.75) is 19.8 Å². The van der Waals surface area contributed by atoms with Gasteiger partial charge in [0.1, 0.15) is 0 Å². The number of aromatic hydroxyl groups is 1. The van der Waals surface area contributed by atoms with Crippen LogP contribution >= 0.6 is 0 Å². The second-order valence-electron chi connectivity index (χ2n) is 5.08. The minimum absolute atomic E-state index is 0.0277. The fourth-order valence-corrected chi connectivity index (χ4v) is 2.33. The SMILES string of the molecule is COc1c(O)ccc2c1-c1oc(C(C)C)nc1C(=O)C2=O. The number of ether oxygens (including phenoxy) is 1. The third kappa shape index (κ3) is 1.75. The van der Waals surface area contributed by atoms with Gasteiger partial charge in [0.25, 0.3) is 5.78 Å². The van der Waals surface area contributed by atoms with Crippen LogP contribution in [-0.4, -0.2) is 28.8 Å². The van der Waals surface area contributed by atoms with Crippen molar-refractivity contribution in [2.24, 2.45) is 0 Å². The van der Waals surface area contributed by atoms with Gasteiger partial charge in [0.05, 0.1) is 12.7 Å². The number of ketones is 2. The van der Waals surface area contributed by atoms with Crippen LogP contribution in [0.2, 0.25) is 0 Å². The fraction of sp³-hybridized carbons (Fsp3) is 0.267. The summed E-state index contributed by atoms with van der Waals surface area (Å²) in [6, 6.07) is 2.70. The number of hydrogen-bond donors (Lipinski definition) is 1. The Morgan fingerprint density at radius 1 is 1.24 bits per heavy atom. The highest BCUT2D eigenvalue weighted by Gasteiger charge is 2.38. The minimum Gasteiger partial charge on any atom is -0.504 e. The van der Waals surface area contributed by atoms with Gasteiger partial charge in [-0.05, 0) is 12.1 Å². The summed E-state index contributed by atoms with van der Waals surface area (Å²) >= 11 is 0. The van der Waals surface area contributed by atoms with Gasteiger partial charge in [-0.25, -0.2) is 4.98 Å². The summed E-state index contributed by atoms with van der Waals surface area (Å²) in [4.78, 5) is 28.4. The van der Waals surface area contributed by atoms with Crippen LogP contribution in [-0.2, 0) is 0 Å². The molecule has 6 heteroatoms. The van der Waals surface area contributed by atoms with Crippen molar-refractivity contribution in [3.63, 3.8) is 0 Å². The van der Waals surface area contributed by atoms with E-state index in [9.17, 15) is 14.7 Å². The van der Waals surface area contributed by atoms with Crippen molar-refractivity contribution in [3.8, 4) is 22.8 Å². The molecule has 21 heavy (non-hydrogen) atoms. The molecule has 1 aromatic heterocycles. The average Bonchev–Trinajstić information content (AvgIpc) is 2.89. The van der Waals surface area contributed by atoms with E-state index in [-0.39, 0.29) is 40.0 Å². The van der Waals surface area contributed by atoms with Gasteiger partial charge in [-0.3, -0.25) is 9.59 Å². The number of oxazole rings is 1. The lowest BCUT2D eigenvalue weighted by Crippen LogP contribution is -2.21. The van der Waals surface area contributed by atoms with Crippen molar-refractivity contribution < 1.29 is 23.8 Å². The van der Waals surface area contributed by atoms with Crippen LogP contribution in [0.15, 0.2) is 16.5 Å². The van der Waals surface area contributed by atoms with Gasteiger partial charge in [-0.15, -0.1) is 0 Å². The molecule has 0 unspecified atom stereocenters. The molecule has 0 bridgehead atoms. The number of methoxy groups -OCH3 is 1. The Hall–Kier alpha value is -2.63. The number of Topliss-reactive ketones (excluding diaryl/α,β-unsaturated/α-hetero) is 2. The molecule has 3 rings (SSSR count). The lowest BCUT2D eigenvalue weighted by molar-refractivity contribution is 0.0812. The predicted molar refractivity (Wildman–Crippen MR) is 72.9 cm³/mol. The topological polar surface area (TPSA) is 89.6 Å². The zero-order chi connectivity index (χ0) is 15.3. The summed E-state index contributed by atoms with van der Waals surface area (Å²) in [5.41, 5.74) is 0.394. The van der Waals surface area contributed by atoms with Gasteiger partial charge in [0.15, 0.2) is 28.8 Å². The van der Waals surface area contributed by atoms with E-state index in [4.69, 9.17) is 9.15 Å². The van der Waals surface area contributed by atoms with E-state index < -0.39 is 11.6 Å². The number of carbonyl (C=O) groups is 2. The number of carbonyl (C=O) groups excluding carboxylic acids is 2. The molecule has 0 atom stereocenters. The van der Waals surface area contributed by atoms with Gasteiger partial charge < -0.3 is 14.3 Å². The molecule has 0 saturated heterocycles. The second-order valence-corrected chi connectivity index (χ2v) is 5.08. The quantitative estimate of drug-likeness (QED) is 0.854. The van der Waals surface area contributed by atoms with E-state index in [0.717, 1.165) is 0 Å². The van der Waals surface area contributed by atoms with Gasteiger partial charge in [0.2, 0.25) is 5.78 Å². The minimum atomic E-state index is -0.708. The molecule has 0 aliphatic heterocycles. The first kappa shape index (κ1) is 13.4. The summed E-state index contributed by atoms with van der Waals surface area (Å²) in [6.45, 7) is 3.73. The maximum absolute atomic E-state index is 12.2. The molecule has 1 heterocycles. The lowest BCUT2D eigenvalue weighted by Gasteiger charge is -2.16. The number of benzene rings is 1. The Kier molecular flexibility index (Phi) is 2.83.